The van der Waals surface area contributed by atoms with Crippen molar-refractivity contribution in [3.63, 3.8) is 0 Å². The summed E-state index contributed by atoms with van der Waals surface area (Å²) >= 11 is 0. The fraction of sp³-hybridized carbons (Fsp3) is 0.714. The maximum absolute atomic E-state index is 12.2. The summed E-state index contributed by atoms with van der Waals surface area (Å²) < 4.78 is 6.76. The monoisotopic (exact) mass is 248 g/mol. The van der Waals surface area contributed by atoms with Crippen LogP contribution < -0.4 is 4.74 Å². The lowest BCUT2D eigenvalue weighted by Gasteiger charge is -2.20. The number of carbonyl (C=O) groups is 1. The van der Waals surface area contributed by atoms with Gasteiger partial charge in [-0.15, -0.1) is 0 Å². The van der Waals surface area contributed by atoms with E-state index < -0.39 is 0 Å². The molecule has 0 aliphatic heterocycles. The first-order valence-electron chi connectivity index (χ1n) is 6.78. The Labute approximate surface area is 107 Å². The second kappa shape index (κ2) is 4.41. The lowest BCUT2D eigenvalue weighted by Crippen LogP contribution is -2.15. The van der Waals surface area contributed by atoms with E-state index in [9.17, 15) is 4.79 Å². The number of hydrogen-bond acceptors (Lipinski definition) is 3. The van der Waals surface area contributed by atoms with Gasteiger partial charge in [-0.2, -0.15) is 5.10 Å². The second-order valence-electron chi connectivity index (χ2n) is 5.76. The van der Waals surface area contributed by atoms with Crippen molar-refractivity contribution in [2.24, 2.45) is 24.8 Å². The van der Waals surface area contributed by atoms with Crippen molar-refractivity contribution in [1.82, 2.24) is 9.78 Å². The SMILES string of the molecule is COc1cc(C(=O)CC2CC3CCC2C3)nn1C. The number of ketones is 1. The summed E-state index contributed by atoms with van der Waals surface area (Å²) in [6, 6.07) is 1.75. The lowest BCUT2D eigenvalue weighted by molar-refractivity contribution is 0.0938. The van der Waals surface area contributed by atoms with Crippen LogP contribution in [0.15, 0.2) is 6.07 Å². The molecule has 2 saturated carbocycles. The molecule has 2 fully saturated rings. The van der Waals surface area contributed by atoms with Gasteiger partial charge in [-0.1, -0.05) is 6.42 Å². The molecule has 3 rings (SSSR count). The first kappa shape index (κ1) is 11.8. The van der Waals surface area contributed by atoms with E-state index in [2.05, 4.69) is 5.10 Å². The first-order valence-corrected chi connectivity index (χ1v) is 6.78. The lowest BCUT2D eigenvalue weighted by atomic mass is 9.85. The van der Waals surface area contributed by atoms with Crippen molar-refractivity contribution < 1.29 is 9.53 Å². The molecule has 98 valence electrons. The number of hydrogen-bond donors (Lipinski definition) is 0. The van der Waals surface area contributed by atoms with Crippen molar-refractivity contribution >= 4 is 5.78 Å². The fourth-order valence-electron chi connectivity index (χ4n) is 3.75. The van der Waals surface area contributed by atoms with Crippen LogP contribution in [0.2, 0.25) is 0 Å². The Morgan fingerprint density at radius 2 is 2.33 bits per heavy atom. The molecule has 0 spiro atoms. The van der Waals surface area contributed by atoms with E-state index in [0.29, 0.717) is 23.9 Å². The number of carbonyl (C=O) groups excluding carboxylic acids is 1. The van der Waals surface area contributed by atoms with Crippen LogP contribution in [-0.4, -0.2) is 22.7 Å². The summed E-state index contributed by atoms with van der Waals surface area (Å²) in [5.41, 5.74) is 0.553. The van der Waals surface area contributed by atoms with Crippen molar-refractivity contribution in [3.8, 4) is 5.88 Å². The smallest absolute Gasteiger partial charge is 0.211 e. The summed E-state index contributed by atoms with van der Waals surface area (Å²) in [5.74, 6) is 3.11. The number of Topliss-reactive ketones (excluding diaryl/α,β-unsaturated/α-hetero) is 1. The number of fused-ring (bicyclic) bond motifs is 2. The number of ether oxygens (including phenoxy) is 1. The van der Waals surface area contributed by atoms with Crippen LogP contribution in [-0.2, 0) is 7.05 Å². The molecule has 2 aliphatic carbocycles. The third kappa shape index (κ3) is 1.93. The van der Waals surface area contributed by atoms with Gasteiger partial charge in [-0.3, -0.25) is 4.79 Å². The molecular formula is C14H20N2O2. The Hall–Kier alpha value is -1.32. The second-order valence-corrected chi connectivity index (χ2v) is 5.76. The molecule has 0 amide bonds. The van der Waals surface area contributed by atoms with Crippen LogP contribution >= 0.6 is 0 Å². The van der Waals surface area contributed by atoms with Gasteiger partial charge in [-0.25, -0.2) is 4.68 Å². The van der Waals surface area contributed by atoms with Gasteiger partial charge in [0.15, 0.2) is 5.78 Å². The Bertz CT molecular complexity index is 466. The van der Waals surface area contributed by atoms with Gasteiger partial charge in [0.05, 0.1) is 7.11 Å². The van der Waals surface area contributed by atoms with Crippen LogP contribution in [0.1, 0.15) is 42.6 Å². The fourth-order valence-corrected chi connectivity index (χ4v) is 3.75. The summed E-state index contributed by atoms with van der Waals surface area (Å²) in [6.45, 7) is 0. The number of nitrogens with zero attached hydrogens (tertiary/aromatic N) is 2. The molecule has 2 bridgehead atoms. The van der Waals surface area contributed by atoms with E-state index in [-0.39, 0.29) is 5.78 Å². The molecule has 18 heavy (non-hydrogen) atoms. The molecule has 0 aromatic carbocycles. The molecule has 2 aliphatic rings. The summed E-state index contributed by atoms with van der Waals surface area (Å²) in [5, 5.41) is 4.23. The van der Waals surface area contributed by atoms with Gasteiger partial charge in [0.25, 0.3) is 0 Å². The van der Waals surface area contributed by atoms with Crippen LogP contribution in [0.25, 0.3) is 0 Å². The zero-order valence-electron chi connectivity index (χ0n) is 11.1. The minimum Gasteiger partial charge on any atom is -0.481 e. The zero-order valence-corrected chi connectivity index (χ0v) is 11.1. The molecule has 3 atom stereocenters. The molecule has 0 radical (unpaired) electrons. The van der Waals surface area contributed by atoms with Crippen molar-refractivity contribution in [2.75, 3.05) is 7.11 Å². The molecule has 0 N–H and O–H groups in total. The number of aromatic nitrogens is 2. The highest BCUT2D eigenvalue weighted by atomic mass is 16.5. The van der Waals surface area contributed by atoms with Gasteiger partial charge in [0, 0.05) is 19.5 Å². The molecular weight excluding hydrogens is 228 g/mol. The maximum Gasteiger partial charge on any atom is 0.211 e. The van der Waals surface area contributed by atoms with Gasteiger partial charge in [-0.05, 0) is 37.0 Å². The average Bonchev–Trinajstić information content (AvgIpc) is 3.03. The van der Waals surface area contributed by atoms with Crippen molar-refractivity contribution in [2.45, 2.75) is 32.1 Å². The standard InChI is InChI=1S/C14H20N2O2/c1-16-14(18-2)8-12(15-16)13(17)7-11-6-9-3-4-10(11)5-9/h8-11H,3-7H2,1-2H3. The molecule has 4 heteroatoms. The molecule has 1 heterocycles. The average molecular weight is 248 g/mol. The highest BCUT2D eigenvalue weighted by Gasteiger charge is 2.40. The van der Waals surface area contributed by atoms with Crippen LogP contribution in [0.4, 0.5) is 0 Å². The first-order chi connectivity index (χ1) is 8.67. The molecule has 0 saturated heterocycles. The van der Waals surface area contributed by atoms with E-state index in [1.807, 2.05) is 0 Å². The summed E-state index contributed by atoms with van der Waals surface area (Å²) in [6.07, 6.45) is 5.98. The minimum atomic E-state index is 0.173. The highest BCUT2D eigenvalue weighted by Crippen LogP contribution is 2.49. The number of aryl methyl sites for hydroxylation is 1. The maximum atomic E-state index is 12.2. The van der Waals surface area contributed by atoms with Gasteiger partial charge in [0.2, 0.25) is 5.88 Å². The molecule has 1 aromatic heterocycles. The van der Waals surface area contributed by atoms with E-state index in [4.69, 9.17) is 4.74 Å². The Kier molecular flexibility index (Phi) is 2.88. The topological polar surface area (TPSA) is 44.1 Å². The van der Waals surface area contributed by atoms with Crippen LogP contribution in [0.3, 0.4) is 0 Å². The zero-order chi connectivity index (χ0) is 12.7. The molecule has 4 nitrogen and oxygen atoms in total. The van der Waals surface area contributed by atoms with E-state index >= 15 is 0 Å². The largest absolute Gasteiger partial charge is 0.481 e. The number of methoxy groups -OCH3 is 1. The molecule has 1 aromatic rings. The van der Waals surface area contributed by atoms with E-state index in [1.54, 1.807) is 24.9 Å². The summed E-state index contributed by atoms with van der Waals surface area (Å²) in [4.78, 5) is 12.2. The van der Waals surface area contributed by atoms with Crippen molar-refractivity contribution in [1.29, 1.82) is 0 Å². The molecule has 3 unspecified atom stereocenters. The van der Waals surface area contributed by atoms with Crippen LogP contribution in [0, 0.1) is 17.8 Å². The predicted molar refractivity (Wildman–Crippen MR) is 67.6 cm³/mol. The Morgan fingerprint density at radius 3 is 2.89 bits per heavy atom. The van der Waals surface area contributed by atoms with Crippen molar-refractivity contribution in [3.05, 3.63) is 11.8 Å². The third-order valence-electron chi connectivity index (χ3n) is 4.66. The van der Waals surface area contributed by atoms with Gasteiger partial charge in [0.1, 0.15) is 5.69 Å². The highest BCUT2D eigenvalue weighted by molar-refractivity contribution is 5.94. The van der Waals surface area contributed by atoms with Crippen LogP contribution in [0.5, 0.6) is 5.88 Å². The normalized spacial score (nSPS) is 29.8. The van der Waals surface area contributed by atoms with Gasteiger partial charge < -0.3 is 4.74 Å². The van der Waals surface area contributed by atoms with E-state index in [1.165, 1.54) is 25.7 Å². The Morgan fingerprint density at radius 1 is 1.50 bits per heavy atom. The number of rotatable bonds is 4. The Balaban J connectivity index is 1.67. The summed E-state index contributed by atoms with van der Waals surface area (Å²) in [7, 11) is 3.40. The quantitative estimate of drug-likeness (QED) is 0.769. The third-order valence-corrected chi connectivity index (χ3v) is 4.66. The van der Waals surface area contributed by atoms with Gasteiger partial charge >= 0.3 is 0 Å². The van der Waals surface area contributed by atoms with E-state index in [0.717, 1.165) is 11.8 Å². The minimum absolute atomic E-state index is 0.173. The predicted octanol–water partition coefficient (Wildman–Crippen LogP) is 2.44.